The van der Waals surface area contributed by atoms with Gasteiger partial charge < -0.3 is 14.5 Å². The van der Waals surface area contributed by atoms with Crippen molar-refractivity contribution >= 4 is 43.8 Å². The van der Waals surface area contributed by atoms with Gasteiger partial charge in [-0.2, -0.15) is 0 Å². The van der Waals surface area contributed by atoms with Crippen molar-refractivity contribution in [2.24, 2.45) is 0 Å². The monoisotopic (exact) mass is 654 g/mol. The number of sulfonamides is 1. The second kappa shape index (κ2) is 11.4. The summed E-state index contributed by atoms with van der Waals surface area (Å²) in [7, 11) is -2.40. The Balaban J connectivity index is 1.54. The molecule has 0 saturated carbocycles. The molecule has 16 heteroatoms. The maximum Gasteiger partial charge on any atom is 0.573 e. The number of ether oxygens (including phenoxy) is 1. The summed E-state index contributed by atoms with van der Waals surface area (Å²) in [5, 5.41) is 2.86. The fraction of sp³-hybridized carbons (Fsp3) is 0.133. The van der Waals surface area contributed by atoms with Crippen LogP contribution in [0.15, 0.2) is 77.6 Å². The average Bonchev–Trinajstić information content (AvgIpc) is 3.61. The van der Waals surface area contributed by atoms with Crippen molar-refractivity contribution in [3.8, 4) is 34.1 Å². The number of amides is 1. The SMILES string of the molecule is CCS(=O)(=O)Nc1cc2oc(-c3ccc(F)cc3)c(C(=O)NC)c2cc1-c1ncc2ncn(-c3ccc(OC(F)(F)F)cc3)c2n1. The lowest BCUT2D eigenvalue weighted by Crippen LogP contribution is -2.18. The van der Waals surface area contributed by atoms with Gasteiger partial charge in [0.25, 0.3) is 5.91 Å². The number of imidazole rings is 1. The van der Waals surface area contributed by atoms with E-state index in [-0.39, 0.29) is 45.4 Å². The molecule has 6 rings (SSSR count). The maximum absolute atomic E-state index is 13.7. The Morgan fingerprint density at radius 3 is 2.41 bits per heavy atom. The molecule has 46 heavy (non-hydrogen) atoms. The van der Waals surface area contributed by atoms with Gasteiger partial charge in [0.15, 0.2) is 11.5 Å². The summed E-state index contributed by atoms with van der Waals surface area (Å²) in [5.74, 6) is -1.51. The third-order valence-corrected chi connectivity index (χ3v) is 8.21. The first-order chi connectivity index (χ1) is 21.9. The van der Waals surface area contributed by atoms with E-state index in [0.29, 0.717) is 22.2 Å². The molecule has 3 aromatic carbocycles. The summed E-state index contributed by atoms with van der Waals surface area (Å²) < 4.78 is 91.0. The van der Waals surface area contributed by atoms with E-state index in [1.807, 2.05) is 0 Å². The van der Waals surface area contributed by atoms with E-state index in [1.165, 1.54) is 79.6 Å². The zero-order valence-corrected chi connectivity index (χ0v) is 24.7. The summed E-state index contributed by atoms with van der Waals surface area (Å²) in [6, 6.07) is 13.3. The molecule has 0 aliphatic rings. The fourth-order valence-corrected chi connectivity index (χ4v) is 5.39. The molecule has 3 aromatic heterocycles. The smallest absolute Gasteiger partial charge is 0.455 e. The largest absolute Gasteiger partial charge is 0.573 e. The molecule has 3 heterocycles. The van der Waals surface area contributed by atoms with Crippen LogP contribution in [0.1, 0.15) is 17.3 Å². The standard InChI is InChI=1S/C30H22F4N6O5S/c1-3-46(42,43)39-22-13-24-21(25(29(41)35-2)26(44-24)16-4-6-17(31)7-5-16)12-20(22)27-36-14-23-28(38-27)40(15-37-23)18-8-10-19(11-9-18)45-30(32,33)34/h4-15,39H,3H2,1-2H3,(H,35,41). The highest BCUT2D eigenvalue weighted by molar-refractivity contribution is 7.92. The lowest BCUT2D eigenvalue weighted by molar-refractivity contribution is -0.274. The van der Waals surface area contributed by atoms with Crippen LogP contribution < -0.4 is 14.8 Å². The van der Waals surface area contributed by atoms with Crippen LogP contribution in [0.2, 0.25) is 0 Å². The summed E-state index contributed by atoms with van der Waals surface area (Å²) in [4.78, 5) is 26.4. The Morgan fingerprint density at radius 2 is 1.76 bits per heavy atom. The lowest BCUT2D eigenvalue weighted by Gasteiger charge is -2.12. The number of anilines is 1. The number of halogens is 4. The van der Waals surface area contributed by atoms with Crippen LogP contribution in [-0.4, -0.2) is 53.0 Å². The minimum atomic E-state index is -4.85. The van der Waals surface area contributed by atoms with Gasteiger partial charge in [0.1, 0.15) is 34.8 Å². The van der Waals surface area contributed by atoms with Gasteiger partial charge in [-0.3, -0.25) is 14.1 Å². The van der Waals surface area contributed by atoms with Crippen molar-refractivity contribution in [3.63, 3.8) is 0 Å². The van der Waals surface area contributed by atoms with E-state index >= 15 is 0 Å². The molecule has 0 fully saturated rings. The van der Waals surface area contributed by atoms with Crippen LogP contribution in [0.5, 0.6) is 5.75 Å². The number of nitrogens with zero attached hydrogens (tertiary/aromatic N) is 4. The zero-order chi connectivity index (χ0) is 32.8. The zero-order valence-electron chi connectivity index (χ0n) is 23.9. The number of carbonyl (C=O) groups is 1. The van der Waals surface area contributed by atoms with Gasteiger partial charge in [0, 0.05) is 35.3 Å². The number of benzene rings is 3. The molecular weight excluding hydrogens is 632 g/mol. The molecule has 11 nitrogen and oxygen atoms in total. The van der Waals surface area contributed by atoms with Crippen LogP contribution in [-0.2, 0) is 10.0 Å². The minimum absolute atomic E-state index is 0.0365. The number of aromatic nitrogens is 4. The quantitative estimate of drug-likeness (QED) is 0.189. The van der Waals surface area contributed by atoms with Crippen LogP contribution in [0.25, 0.3) is 50.5 Å². The number of carbonyl (C=O) groups excluding carboxylic acids is 1. The number of hydrogen-bond acceptors (Lipinski definition) is 8. The third kappa shape index (κ3) is 5.93. The van der Waals surface area contributed by atoms with E-state index in [0.717, 1.165) is 12.1 Å². The van der Waals surface area contributed by atoms with Crippen molar-refractivity contribution in [1.29, 1.82) is 0 Å². The van der Waals surface area contributed by atoms with Crippen LogP contribution in [0.4, 0.5) is 23.2 Å². The van der Waals surface area contributed by atoms with E-state index in [1.54, 1.807) is 0 Å². The summed E-state index contributed by atoms with van der Waals surface area (Å²) in [6.45, 7) is 1.45. The molecule has 1 amide bonds. The predicted molar refractivity (Wildman–Crippen MR) is 160 cm³/mol. The van der Waals surface area contributed by atoms with E-state index < -0.39 is 33.9 Å². The molecule has 236 valence electrons. The molecule has 2 N–H and O–H groups in total. The van der Waals surface area contributed by atoms with Crippen molar-refractivity contribution < 1.29 is 39.9 Å². The van der Waals surface area contributed by atoms with Crippen LogP contribution in [0, 0.1) is 5.82 Å². The summed E-state index contributed by atoms with van der Waals surface area (Å²) in [6.07, 6.45) is -2.05. The highest BCUT2D eigenvalue weighted by atomic mass is 32.2. The fourth-order valence-electron chi connectivity index (χ4n) is 4.74. The third-order valence-electron chi connectivity index (χ3n) is 6.91. The van der Waals surface area contributed by atoms with Gasteiger partial charge in [-0.25, -0.2) is 27.8 Å². The highest BCUT2D eigenvalue weighted by Crippen LogP contribution is 2.39. The van der Waals surface area contributed by atoms with E-state index in [2.05, 4.69) is 29.7 Å². The van der Waals surface area contributed by atoms with Gasteiger partial charge in [-0.1, -0.05) is 0 Å². The minimum Gasteiger partial charge on any atom is -0.455 e. The molecule has 0 unspecified atom stereocenters. The van der Waals surface area contributed by atoms with Gasteiger partial charge in [-0.05, 0) is 61.5 Å². The van der Waals surface area contributed by atoms with Gasteiger partial charge >= 0.3 is 6.36 Å². The first-order valence-corrected chi connectivity index (χ1v) is 15.2. The Kier molecular flexibility index (Phi) is 7.59. The molecule has 0 spiro atoms. The van der Waals surface area contributed by atoms with Gasteiger partial charge in [0.05, 0.1) is 23.2 Å². The summed E-state index contributed by atoms with van der Waals surface area (Å²) >= 11 is 0. The highest BCUT2D eigenvalue weighted by Gasteiger charge is 2.31. The first kappa shape index (κ1) is 30.5. The van der Waals surface area contributed by atoms with Gasteiger partial charge in [-0.15, -0.1) is 13.2 Å². The van der Waals surface area contributed by atoms with Crippen molar-refractivity contribution in [1.82, 2.24) is 24.8 Å². The molecular formula is C30H22F4N6O5S. The van der Waals surface area contributed by atoms with Crippen molar-refractivity contribution in [2.75, 3.05) is 17.5 Å². The number of hydrogen-bond donors (Lipinski definition) is 2. The van der Waals surface area contributed by atoms with Crippen LogP contribution in [0.3, 0.4) is 0 Å². The topological polar surface area (TPSA) is 141 Å². The van der Waals surface area contributed by atoms with Crippen molar-refractivity contribution in [2.45, 2.75) is 13.3 Å². The van der Waals surface area contributed by atoms with E-state index in [4.69, 9.17) is 4.42 Å². The Labute approximate surface area is 257 Å². The van der Waals surface area contributed by atoms with Gasteiger partial charge in [0.2, 0.25) is 10.0 Å². The Bertz CT molecular complexity index is 2210. The average molecular weight is 655 g/mol. The molecule has 0 aliphatic carbocycles. The molecule has 0 aliphatic heterocycles. The second-order valence-electron chi connectivity index (χ2n) is 9.85. The predicted octanol–water partition coefficient (Wildman–Crippen LogP) is 6.05. The number of rotatable bonds is 8. The molecule has 6 aromatic rings. The first-order valence-electron chi connectivity index (χ1n) is 13.5. The maximum atomic E-state index is 13.7. The second-order valence-corrected chi connectivity index (χ2v) is 11.9. The number of fused-ring (bicyclic) bond motifs is 2. The number of furan rings is 1. The van der Waals surface area contributed by atoms with Crippen LogP contribution >= 0.6 is 0 Å². The summed E-state index contributed by atoms with van der Waals surface area (Å²) in [5.41, 5.74) is 1.91. The molecule has 0 bridgehead atoms. The van der Waals surface area contributed by atoms with Crippen molar-refractivity contribution in [3.05, 3.63) is 84.6 Å². The number of alkyl halides is 3. The number of nitrogens with one attached hydrogen (secondary N) is 2. The normalized spacial score (nSPS) is 12.0. The molecule has 0 radical (unpaired) electrons. The Hall–Kier alpha value is -5.51. The van der Waals surface area contributed by atoms with E-state index in [9.17, 15) is 30.8 Å². The lowest BCUT2D eigenvalue weighted by atomic mass is 10.0. The Morgan fingerprint density at radius 1 is 1.04 bits per heavy atom. The molecule has 0 saturated heterocycles. The molecule has 0 atom stereocenters.